The molecule has 7 aromatic rings. The molecule has 0 unspecified atom stereocenters. The van der Waals surface area contributed by atoms with E-state index in [1.165, 1.54) is 0 Å². The molecule has 2 heterocycles. The standard InChI is InChI=1S/C34H20O3/c1-2-9-21(10-3-1)23-13-8-14-26-28-19-22(17-18-29(28)36-33(23)26)27-20-32-34(25-12-5-4-11-24(25)27)37-31-16-7-6-15-30(31)35-32/h1-20H. The quantitative estimate of drug-likeness (QED) is 0.249. The van der Waals surface area contributed by atoms with Crippen molar-refractivity contribution in [3.05, 3.63) is 121 Å². The Labute approximate surface area is 213 Å². The Balaban J connectivity index is 1.34. The van der Waals surface area contributed by atoms with E-state index >= 15 is 0 Å². The van der Waals surface area contributed by atoms with Crippen LogP contribution >= 0.6 is 0 Å². The first-order valence-corrected chi connectivity index (χ1v) is 12.3. The molecule has 0 aliphatic carbocycles. The molecule has 0 N–H and O–H groups in total. The summed E-state index contributed by atoms with van der Waals surface area (Å²) in [6.45, 7) is 0. The van der Waals surface area contributed by atoms with Gasteiger partial charge in [-0.3, -0.25) is 0 Å². The highest BCUT2D eigenvalue weighted by Gasteiger charge is 2.23. The van der Waals surface area contributed by atoms with Crippen LogP contribution in [0, 0.1) is 0 Å². The van der Waals surface area contributed by atoms with Crippen LogP contribution in [-0.2, 0) is 0 Å². The van der Waals surface area contributed by atoms with Crippen molar-refractivity contribution in [2.75, 3.05) is 0 Å². The molecule has 6 aromatic carbocycles. The van der Waals surface area contributed by atoms with E-state index in [4.69, 9.17) is 13.9 Å². The highest BCUT2D eigenvalue weighted by atomic mass is 16.6. The van der Waals surface area contributed by atoms with Crippen molar-refractivity contribution in [2.24, 2.45) is 0 Å². The van der Waals surface area contributed by atoms with Gasteiger partial charge in [-0.05, 0) is 52.4 Å². The largest absolute Gasteiger partial charge is 0.455 e. The SMILES string of the molecule is c1ccc(-c2cccc3c2oc2ccc(-c4cc5c(c6ccccc46)Oc4ccccc4O5)cc23)cc1. The van der Waals surface area contributed by atoms with E-state index in [1.807, 2.05) is 36.4 Å². The number of ether oxygens (including phenoxy) is 2. The summed E-state index contributed by atoms with van der Waals surface area (Å²) >= 11 is 0. The third kappa shape index (κ3) is 3.08. The summed E-state index contributed by atoms with van der Waals surface area (Å²) in [5, 5.41) is 4.33. The van der Waals surface area contributed by atoms with Crippen molar-refractivity contribution in [3.8, 4) is 45.3 Å². The van der Waals surface area contributed by atoms with E-state index in [0.29, 0.717) is 0 Å². The van der Waals surface area contributed by atoms with Crippen molar-refractivity contribution in [1.82, 2.24) is 0 Å². The summed E-state index contributed by atoms with van der Waals surface area (Å²) < 4.78 is 19.0. The van der Waals surface area contributed by atoms with Crippen LogP contribution in [0.2, 0.25) is 0 Å². The lowest BCUT2D eigenvalue weighted by atomic mass is 9.95. The van der Waals surface area contributed by atoms with Gasteiger partial charge < -0.3 is 13.9 Å². The highest BCUT2D eigenvalue weighted by molar-refractivity contribution is 6.12. The van der Waals surface area contributed by atoms with Gasteiger partial charge in [0.25, 0.3) is 0 Å². The maximum Gasteiger partial charge on any atom is 0.177 e. The number of hydrogen-bond acceptors (Lipinski definition) is 3. The molecule has 0 saturated heterocycles. The fourth-order valence-electron chi connectivity index (χ4n) is 5.40. The molecule has 3 nitrogen and oxygen atoms in total. The Hall–Kier alpha value is -5.02. The van der Waals surface area contributed by atoms with Gasteiger partial charge in [-0.25, -0.2) is 0 Å². The van der Waals surface area contributed by atoms with Crippen molar-refractivity contribution in [1.29, 1.82) is 0 Å². The number of rotatable bonds is 2. The molecule has 1 aliphatic heterocycles. The summed E-state index contributed by atoms with van der Waals surface area (Å²) in [5.74, 6) is 2.92. The molecule has 8 rings (SSSR count). The minimum atomic E-state index is 0.718. The molecular formula is C34H20O3. The molecule has 0 bridgehead atoms. The van der Waals surface area contributed by atoms with Gasteiger partial charge in [0.05, 0.1) is 0 Å². The third-order valence-electron chi connectivity index (χ3n) is 7.13. The Morgan fingerprint density at radius 1 is 0.405 bits per heavy atom. The van der Waals surface area contributed by atoms with Gasteiger partial charge in [-0.2, -0.15) is 0 Å². The summed E-state index contributed by atoms with van der Waals surface area (Å²) in [7, 11) is 0. The van der Waals surface area contributed by atoms with Gasteiger partial charge in [0.1, 0.15) is 11.2 Å². The minimum absolute atomic E-state index is 0.718. The second kappa shape index (κ2) is 7.74. The molecule has 37 heavy (non-hydrogen) atoms. The Bertz CT molecular complexity index is 1980. The third-order valence-corrected chi connectivity index (χ3v) is 7.13. The van der Waals surface area contributed by atoms with Crippen molar-refractivity contribution >= 4 is 32.7 Å². The van der Waals surface area contributed by atoms with Crippen molar-refractivity contribution in [2.45, 2.75) is 0 Å². The number of furan rings is 1. The fourth-order valence-corrected chi connectivity index (χ4v) is 5.40. The van der Waals surface area contributed by atoms with Crippen LogP contribution < -0.4 is 9.47 Å². The van der Waals surface area contributed by atoms with E-state index in [9.17, 15) is 0 Å². The van der Waals surface area contributed by atoms with Gasteiger partial charge in [0.15, 0.2) is 23.0 Å². The lowest BCUT2D eigenvalue weighted by Gasteiger charge is -2.23. The highest BCUT2D eigenvalue weighted by Crippen LogP contribution is 2.51. The van der Waals surface area contributed by atoms with Crippen LogP contribution in [0.25, 0.3) is 55.0 Å². The fraction of sp³-hybridized carbons (Fsp3) is 0. The number of para-hydroxylation sites is 3. The Kier molecular flexibility index (Phi) is 4.23. The number of hydrogen-bond donors (Lipinski definition) is 0. The summed E-state index contributed by atoms with van der Waals surface area (Å²) in [6, 6.07) is 41.3. The Morgan fingerprint density at radius 2 is 1.14 bits per heavy atom. The monoisotopic (exact) mass is 476 g/mol. The van der Waals surface area contributed by atoms with Gasteiger partial charge in [-0.15, -0.1) is 0 Å². The van der Waals surface area contributed by atoms with Crippen LogP contribution in [0.5, 0.6) is 23.0 Å². The maximum atomic E-state index is 6.40. The Morgan fingerprint density at radius 3 is 2.00 bits per heavy atom. The lowest BCUT2D eigenvalue weighted by Crippen LogP contribution is -2.00. The molecule has 0 spiro atoms. The lowest BCUT2D eigenvalue weighted by molar-refractivity contribution is 0.363. The predicted octanol–water partition coefficient (Wildman–Crippen LogP) is 9.97. The zero-order valence-corrected chi connectivity index (χ0v) is 19.8. The maximum absolute atomic E-state index is 6.40. The normalized spacial score (nSPS) is 12.2. The summed E-state index contributed by atoms with van der Waals surface area (Å²) in [5.41, 5.74) is 6.21. The van der Waals surface area contributed by atoms with Crippen LogP contribution in [-0.4, -0.2) is 0 Å². The molecule has 174 valence electrons. The topological polar surface area (TPSA) is 31.6 Å². The predicted molar refractivity (Wildman–Crippen MR) is 149 cm³/mol. The van der Waals surface area contributed by atoms with Gasteiger partial charge in [0.2, 0.25) is 0 Å². The molecule has 1 aromatic heterocycles. The average molecular weight is 477 g/mol. The van der Waals surface area contributed by atoms with Gasteiger partial charge in [-0.1, -0.05) is 91.0 Å². The zero-order valence-electron chi connectivity index (χ0n) is 19.8. The molecule has 0 radical (unpaired) electrons. The van der Waals surface area contributed by atoms with E-state index in [0.717, 1.165) is 78.0 Å². The molecule has 0 amide bonds. The summed E-state index contributed by atoms with van der Waals surface area (Å²) in [6.07, 6.45) is 0. The first-order chi connectivity index (χ1) is 18.3. The van der Waals surface area contributed by atoms with Gasteiger partial charge in [0, 0.05) is 21.7 Å². The zero-order chi connectivity index (χ0) is 24.3. The van der Waals surface area contributed by atoms with E-state index in [-0.39, 0.29) is 0 Å². The first-order valence-electron chi connectivity index (χ1n) is 12.3. The van der Waals surface area contributed by atoms with Crippen LogP contribution in [0.4, 0.5) is 0 Å². The number of benzene rings is 6. The molecule has 0 saturated carbocycles. The van der Waals surface area contributed by atoms with Crippen molar-refractivity contribution < 1.29 is 13.9 Å². The molecular weight excluding hydrogens is 456 g/mol. The van der Waals surface area contributed by atoms with E-state index in [1.54, 1.807) is 0 Å². The molecule has 0 fully saturated rings. The van der Waals surface area contributed by atoms with Gasteiger partial charge >= 0.3 is 0 Å². The summed E-state index contributed by atoms with van der Waals surface area (Å²) in [4.78, 5) is 0. The molecule has 1 aliphatic rings. The van der Waals surface area contributed by atoms with Crippen molar-refractivity contribution in [3.63, 3.8) is 0 Å². The van der Waals surface area contributed by atoms with Crippen LogP contribution in [0.1, 0.15) is 0 Å². The smallest absolute Gasteiger partial charge is 0.177 e. The average Bonchev–Trinajstić information content (AvgIpc) is 3.34. The van der Waals surface area contributed by atoms with E-state index in [2.05, 4.69) is 84.9 Å². The molecule has 0 atom stereocenters. The number of fused-ring (bicyclic) bond motifs is 7. The second-order valence-corrected chi connectivity index (χ2v) is 9.31. The van der Waals surface area contributed by atoms with E-state index < -0.39 is 0 Å². The molecule has 3 heteroatoms. The minimum Gasteiger partial charge on any atom is -0.455 e. The van der Waals surface area contributed by atoms with Crippen LogP contribution in [0.3, 0.4) is 0 Å². The second-order valence-electron chi connectivity index (χ2n) is 9.31. The van der Waals surface area contributed by atoms with Crippen LogP contribution in [0.15, 0.2) is 126 Å². The first kappa shape index (κ1) is 20.2.